The Labute approximate surface area is 220 Å². The first kappa shape index (κ1) is 27.9. The first-order valence-electron chi connectivity index (χ1n) is 12.3. The molecular formula is C29H35N3O4S. The number of carbonyl (C=O) groups is 2. The Bertz CT molecular complexity index is 1320. The van der Waals surface area contributed by atoms with Gasteiger partial charge in [-0.3, -0.25) is 13.9 Å². The molecule has 0 unspecified atom stereocenters. The minimum Gasteiger partial charge on any atom is -0.357 e. The van der Waals surface area contributed by atoms with Crippen molar-refractivity contribution in [3.05, 3.63) is 95.1 Å². The highest BCUT2D eigenvalue weighted by Gasteiger charge is 2.32. The molecule has 0 spiro atoms. The maximum absolute atomic E-state index is 13.8. The van der Waals surface area contributed by atoms with Crippen molar-refractivity contribution in [2.24, 2.45) is 0 Å². The predicted octanol–water partition coefficient (Wildman–Crippen LogP) is 4.01. The van der Waals surface area contributed by atoms with Crippen LogP contribution < -0.4 is 9.62 Å². The highest BCUT2D eigenvalue weighted by molar-refractivity contribution is 7.92. The number of hydrogen-bond acceptors (Lipinski definition) is 4. The van der Waals surface area contributed by atoms with Crippen molar-refractivity contribution < 1.29 is 18.0 Å². The van der Waals surface area contributed by atoms with Gasteiger partial charge in [-0.1, -0.05) is 54.1 Å². The number of amides is 2. The van der Waals surface area contributed by atoms with Gasteiger partial charge in [-0.25, -0.2) is 8.42 Å². The summed E-state index contributed by atoms with van der Waals surface area (Å²) in [7, 11) is -2.55. The summed E-state index contributed by atoms with van der Waals surface area (Å²) in [5, 5.41) is 2.59. The first-order valence-corrected chi connectivity index (χ1v) is 13.7. The average Bonchev–Trinajstić information content (AvgIpc) is 2.86. The topological polar surface area (TPSA) is 86.8 Å². The maximum atomic E-state index is 13.8. The summed E-state index contributed by atoms with van der Waals surface area (Å²) in [6.07, 6.45) is 0.530. The van der Waals surface area contributed by atoms with Crippen LogP contribution in [0.3, 0.4) is 0 Å². The molecule has 0 radical (unpaired) electrons. The average molecular weight is 522 g/mol. The van der Waals surface area contributed by atoms with Crippen molar-refractivity contribution in [3.63, 3.8) is 0 Å². The predicted molar refractivity (Wildman–Crippen MR) is 147 cm³/mol. The maximum Gasteiger partial charge on any atom is 0.264 e. The minimum atomic E-state index is -4.07. The molecule has 0 fully saturated rings. The van der Waals surface area contributed by atoms with E-state index in [2.05, 4.69) is 5.32 Å². The minimum absolute atomic E-state index is 0.0974. The summed E-state index contributed by atoms with van der Waals surface area (Å²) >= 11 is 0. The summed E-state index contributed by atoms with van der Waals surface area (Å²) in [4.78, 5) is 27.8. The zero-order chi connectivity index (χ0) is 27.2. The molecule has 7 nitrogen and oxygen atoms in total. The van der Waals surface area contributed by atoms with Gasteiger partial charge in [0.15, 0.2) is 0 Å². The third-order valence-electron chi connectivity index (χ3n) is 6.28. The van der Waals surface area contributed by atoms with Crippen LogP contribution in [0.1, 0.15) is 29.2 Å². The van der Waals surface area contributed by atoms with Crippen LogP contribution in [0, 0.1) is 20.8 Å². The Morgan fingerprint density at radius 2 is 1.46 bits per heavy atom. The van der Waals surface area contributed by atoms with E-state index < -0.39 is 28.5 Å². The highest BCUT2D eigenvalue weighted by Crippen LogP contribution is 2.26. The summed E-state index contributed by atoms with van der Waals surface area (Å²) in [6.45, 7) is 7.13. The highest BCUT2D eigenvalue weighted by atomic mass is 32.2. The van der Waals surface area contributed by atoms with Gasteiger partial charge in [0.25, 0.3) is 10.0 Å². The van der Waals surface area contributed by atoms with E-state index in [0.717, 1.165) is 26.6 Å². The molecule has 0 aromatic heterocycles. The largest absolute Gasteiger partial charge is 0.357 e. The van der Waals surface area contributed by atoms with Crippen molar-refractivity contribution in [2.75, 3.05) is 24.4 Å². The fraction of sp³-hybridized carbons (Fsp3) is 0.310. The number of sulfonamides is 1. The normalized spacial score (nSPS) is 12.0. The number of carbonyl (C=O) groups excluding carboxylic acids is 2. The lowest BCUT2D eigenvalue weighted by Crippen LogP contribution is -2.51. The van der Waals surface area contributed by atoms with E-state index in [1.54, 1.807) is 43.3 Å². The lowest BCUT2D eigenvalue weighted by atomic mass is 10.1. The third-order valence-corrected chi connectivity index (χ3v) is 8.07. The summed E-state index contributed by atoms with van der Waals surface area (Å²) in [6, 6.07) is 20.9. The van der Waals surface area contributed by atoms with Crippen molar-refractivity contribution >= 4 is 27.5 Å². The summed E-state index contributed by atoms with van der Waals surface area (Å²) < 4.78 is 28.8. The number of hydrogen-bond donors (Lipinski definition) is 1. The van der Waals surface area contributed by atoms with Crippen LogP contribution in [0.4, 0.5) is 5.69 Å². The van der Waals surface area contributed by atoms with Crippen LogP contribution in [-0.2, 0) is 26.0 Å². The van der Waals surface area contributed by atoms with E-state index >= 15 is 0 Å². The molecule has 1 atom stereocenters. The van der Waals surface area contributed by atoms with Gasteiger partial charge in [0.05, 0.1) is 10.6 Å². The van der Waals surface area contributed by atoms with Gasteiger partial charge in [-0.15, -0.1) is 0 Å². The lowest BCUT2D eigenvalue weighted by molar-refractivity contribution is -0.138. The van der Waals surface area contributed by atoms with Crippen LogP contribution in [0.25, 0.3) is 0 Å². The molecule has 8 heteroatoms. The van der Waals surface area contributed by atoms with Gasteiger partial charge < -0.3 is 10.2 Å². The van der Waals surface area contributed by atoms with Gasteiger partial charge in [-0.2, -0.15) is 0 Å². The molecule has 0 saturated carbocycles. The fourth-order valence-corrected chi connectivity index (χ4v) is 5.64. The molecule has 0 heterocycles. The standard InChI is InChI=1S/C29H35N3O4S/c1-21-11-13-27(14-12-21)37(35,36)32(26-18-22(2)17-23(3)19-26)20-28(33)31(24(4)29(34)30-5)16-15-25-9-7-6-8-10-25/h6-14,17-19,24H,15-16,20H2,1-5H3,(H,30,34)/t24-/m1/s1. The Kier molecular flexibility index (Phi) is 9.10. The van der Waals surface area contributed by atoms with Gasteiger partial charge in [0, 0.05) is 13.6 Å². The van der Waals surface area contributed by atoms with Gasteiger partial charge in [0.2, 0.25) is 11.8 Å². The molecule has 0 aliphatic heterocycles. The zero-order valence-corrected chi connectivity index (χ0v) is 22.9. The Morgan fingerprint density at radius 3 is 2.03 bits per heavy atom. The number of nitrogens with one attached hydrogen (secondary N) is 1. The molecule has 2 amide bonds. The van der Waals surface area contributed by atoms with E-state index in [0.29, 0.717) is 12.1 Å². The van der Waals surface area contributed by atoms with E-state index in [1.807, 2.05) is 57.2 Å². The smallest absolute Gasteiger partial charge is 0.264 e. The zero-order valence-electron chi connectivity index (χ0n) is 22.1. The first-order chi connectivity index (χ1) is 17.5. The van der Waals surface area contributed by atoms with Crippen LogP contribution in [0.15, 0.2) is 77.7 Å². The van der Waals surface area contributed by atoms with Crippen LogP contribution in [0.2, 0.25) is 0 Å². The monoisotopic (exact) mass is 521 g/mol. The van der Waals surface area contributed by atoms with E-state index in [9.17, 15) is 18.0 Å². The number of anilines is 1. The molecule has 1 N–H and O–H groups in total. The Morgan fingerprint density at radius 1 is 0.865 bits per heavy atom. The SMILES string of the molecule is CNC(=O)[C@@H](C)N(CCc1ccccc1)C(=O)CN(c1cc(C)cc(C)c1)S(=O)(=O)c1ccc(C)cc1. The third kappa shape index (κ3) is 6.98. The molecular weight excluding hydrogens is 486 g/mol. The van der Waals surface area contributed by atoms with Gasteiger partial charge >= 0.3 is 0 Å². The molecule has 3 aromatic carbocycles. The molecule has 37 heavy (non-hydrogen) atoms. The number of nitrogens with zero attached hydrogens (tertiary/aromatic N) is 2. The van der Waals surface area contributed by atoms with Crippen molar-refractivity contribution in [1.29, 1.82) is 0 Å². The summed E-state index contributed by atoms with van der Waals surface area (Å²) in [5.74, 6) is -0.775. The fourth-order valence-electron chi connectivity index (χ4n) is 4.24. The number of likely N-dealkylation sites (N-methyl/N-ethyl adjacent to an activating group) is 1. The molecule has 0 saturated heterocycles. The van der Waals surface area contributed by atoms with E-state index in [4.69, 9.17) is 0 Å². The van der Waals surface area contributed by atoms with Gasteiger partial charge in [0.1, 0.15) is 12.6 Å². The second-order valence-electron chi connectivity index (χ2n) is 9.28. The summed E-state index contributed by atoms with van der Waals surface area (Å²) in [5.41, 5.74) is 4.11. The van der Waals surface area contributed by atoms with Crippen molar-refractivity contribution in [1.82, 2.24) is 10.2 Å². The number of rotatable bonds is 10. The van der Waals surface area contributed by atoms with Gasteiger partial charge in [-0.05, 0) is 75.1 Å². The Balaban J connectivity index is 2.01. The van der Waals surface area contributed by atoms with E-state index in [-0.39, 0.29) is 17.3 Å². The molecule has 196 valence electrons. The van der Waals surface area contributed by atoms with Crippen molar-refractivity contribution in [2.45, 2.75) is 45.1 Å². The molecule has 3 rings (SSSR count). The molecule has 3 aromatic rings. The van der Waals surface area contributed by atoms with Crippen LogP contribution in [0.5, 0.6) is 0 Å². The molecule has 0 bridgehead atoms. The molecule has 0 aliphatic rings. The Hall–Kier alpha value is -3.65. The quantitative estimate of drug-likeness (QED) is 0.437. The van der Waals surface area contributed by atoms with Crippen LogP contribution in [-0.4, -0.2) is 51.3 Å². The second kappa shape index (κ2) is 12.1. The second-order valence-corrected chi connectivity index (χ2v) is 11.1. The van der Waals surface area contributed by atoms with Crippen molar-refractivity contribution in [3.8, 4) is 0 Å². The lowest BCUT2D eigenvalue weighted by Gasteiger charge is -2.32. The molecule has 0 aliphatic carbocycles. The number of benzene rings is 3. The van der Waals surface area contributed by atoms with E-state index in [1.165, 1.54) is 11.9 Å². The van der Waals surface area contributed by atoms with Crippen LogP contribution >= 0.6 is 0 Å². The number of aryl methyl sites for hydroxylation is 3.